The molecule has 0 fully saturated rings. The number of hydrogen-bond acceptors (Lipinski definition) is 4. The molecule has 0 bridgehead atoms. The van der Waals surface area contributed by atoms with Crippen LogP contribution in [0.5, 0.6) is 5.75 Å². The van der Waals surface area contributed by atoms with E-state index in [4.69, 9.17) is 9.47 Å². The van der Waals surface area contributed by atoms with Crippen LogP contribution in [0.4, 0.5) is 0 Å². The number of carbonyl (C=O) groups excluding carboxylic acids is 2. The van der Waals surface area contributed by atoms with Gasteiger partial charge in [-0.25, -0.2) is 0 Å². The zero-order chi connectivity index (χ0) is 17.2. The molecule has 0 saturated heterocycles. The van der Waals surface area contributed by atoms with Crippen molar-refractivity contribution in [1.82, 2.24) is 4.90 Å². The molecule has 0 aromatic heterocycles. The summed E-state index contributed by atoms with van der Waals surface area (Å²) in [6, 6.07) is 9.22. The molecule has 0 aliphatic rings. The maximum atomic E-state index is 12.4. The van der Waals surface area contributed by atoms with E-state index in [0.717, 1.165) is 6.42 Å². The Morgan fingerprint density at radius 1 is 1.13 bits per heavy atom. The number of carbonyl (C=O) groups is 2. The topological polar surface area (TPSA) is 55.8 Å². The van der Waals surface area contributed by atoms with Crippen LogP contribution in [-0.4, -0.2) is 43.6 Å². The SMILES string of the molecule is COC(=O)C(C)CN(CCC(C)C)C(=O)COc1ccccc1. The molecule has 0 spiro atoms. The fourth-order valence-corrected chi connectivity index (χ4v) is 2.09. The van der Waals surface area contributed by atoms with E-state index in [1.807, 2.05) is 30.3 Å². The molecule has 1 aromatic carbocycles. The smallest absolute Gasteiger partial charge is 0.310 e. The Morgan fingerprint density at radius 3 is 2.35 bits per heavy atom. The molecule has 1 atom stereocenters. The van der Waals surface area contributed by atoms with Gasteiger partial charge in [0.05, 0.1) is 13.0 Å². The number of ether oxygens (including phenoxy) is 2. The lowest BCUT2D eigenvalue weighted by molar-refractivity contribution is -0.146. The van der Waals surface area contributed by atoms with Gasteiger partial charge in [0.1, 0.15) is 5.75 Å². The zero-order valence-electron chi connectivity index (χ0n) is 14.5. The number of methoxy groups -OCH3 is 1. The van der Waals surface area contributed by atoms with Crippen molar-refractivity contribution in [3.05, 3.63) is 30.3 Å². The molecule has 0 radical (unpaired) electrons. The van der Waals surface area contributed by atoms with E-state index >= 15 is 0 Å². The minimum absolute atomic E-state index is 0.0317. The van der Waals surface area contributed by atoms with E-state index in [1.54, 1.807) is 11.8 Å². The first-order valence-electron chi connectivity index (χ1n) is 7.97. The molecule has 1 aromatic rings. The number of esters is 1. The summed E-state index contributed by atoms with van der Waals surface area (Å²) in [5, 5.41) is 0. The van der Waals surface area contributed by atoms with E-state index < -0.39 is 0 Å². The third-order valence-electron chi connectivity index (χ3n) is 3.53. The molecular formula is C18H27NO4. The summed E-state index contributed by atoms with van der Waals surface area (Å²) < 4.78 is 10.3. The first-order chi connectivity index (χ1) is 10.9. The molecule has 0 saturated carbocycles. The van der Waals surface area contributed by atoms with Crippen LogP contribution in [0, 0.1) is 11.8 Å². The Balaban J connectivity index is 2.61. The maximum absolute atomic E-state index is 12.4. The third kappa shape index (κ3) is 7.17. The van der Waals surface area contributed by atoms with Gasteiger partial charge in [0.2, 0.25) is 0 Å². The molecule has 0 aliphatic carbocycles. The first kappa shape index (κ1) is 19.0. The summed E-state index contributed by atoms with van der Waals surface area (Å²) in [6.45, 7) is 6.89. The third-order valence-corrected chi connectivity index (χ3v) is 3.53. The van der Waals surface area contributed by atoms with Crippen LogP contribution in [0.2, 0.25) is 0 Å². The molecule has 128 valence electrons. The van der Waals surface area contributed by atoms with Gasteiger partial charge in [0.15, 0.2) is 6.61 Å². The van der Waals surface area contributed by atoms with Crippen molar-refractivity contribution in [2.75, 3.05) is 26.8 Å². The highest BCUT2D eigenvalue weighted by Crippen LogP contribution is 2.11. The fourth-order valence-electron chi connectivity index (χ4n) is 2.09. The molecule has 5 heteroatoms. The van der Waals surface area contributed by atoms with Crippen LogP contribution in [-0.2, 0) is 14.3 Å². The number of benzene rings is 1. The molecule has 0 aliphatic heterocycles. The Kier molecular flexibility index (Phi) is 8.16. The first-order valence-corrected chi connectivity index (χ1v) is 7.97. The summed E-state index contributed by atoms with van der Waals surface area (Å²) in [5.74, 6) is 0.355. The summed E-state index contributed by atoms with van der Waals surface area (Å²) >= 11 is 0. The average molecular weight is 321 g/mol. The van der Waals surface area contributed by atoms with E-state index in [-0.39, 0.29) is 24.4 Å². The summed E-state index contributed by atoms with van der Waals surface area (Å²) in [5.41, 5.74) is 0. The van der Waals surface area contributed by atoms with Crippen LogP contribution in [0.1, 0.15) is 27.2 Å². The number of nitrogens with zero attached hydrogens (tertiary/aromatic N) is 1. The van der Waals surface area contributed by atoms with Crippen molar-refractivity contribution in [1.29, 1.82) is 0 Å². The minimum Gasteiger partial charge on any atom is -0.484 e. The minimum atomic E-state index is -0.354. The van der Waals surface area contributed by atoms with Gasteiger partial charge in [0, 0.05) is 13.1 Å². The maximum Gasteiger partial charge on any atom is 0.310 e. The quantitative estimate of drug-likeness (QED) is 0.656. The molecule has 1 unspecified atom stereocenters. The van der Waals surface area contributed by atoms with Gasteiger partial charge in [-0.05, 0) is 24.5 Å². The van der Waals surface area contributed by atoms with Crippen molar-refractivity contribution >= 4 is 11.9 Å². The molecule has 23 heavy (non-hydrogen) atoms. The summed E-state index contributed by atoms with van der Waals surface area (Å²) in [6.07, 6.45) is 0.880. The highest BCUT2D eigenvalue weighted by Gasteiger charge is 2.22. The average Bonchev–Trinajstić information content (AvgIpc) is 2.56. The fraction of sp³-hybridized carbons (Fsp3) is 0.556. The van der Waals surface area contributed by atoms with Crippen molar-refractivity contribution in [2.24, 2.45) is 11.8 Å². The normalized spacial score (nSPS) is 11.9. The van der Waals surface area contributed by atoms with E-state index in [1.165, 1.54) is 7.11 Å². The van der Waals surface area contributed by atoms with Gasteiger partial charge >= 0.3 is 5.97 Å². The number of rotatable bonds is 9. The largest absolute Gasteiger partial charge is 0.484 e. The van der Waals surface area contributed by atoms with Crippen LogP contribution in [0.3, 0.4) is 0 Å². The number of amides is 1. The van der Waals surface area contributed by atoms with E-state index in [9.17, 15) is 9.59 Å². The lowest BCUT2D eigenvalue weighted by Crippen LogP contribution is -2.40. The second kappa shape index (κ2) is 9.87. The predicted octanol–water partition coefficient (Wildman–Crippen LogP) is 2.75. The highest BCUT2D eigenvalue weighted by atomic mass is 16.5. The Morgan fingerprint density at radius 2 is 1.78 bits per heavy atom. The van der Waals surface area contributed by atoms with Crippen molar-refractivity contribution < 1.29 is 19.1 Å². The monoisotopic (exact) mass is 321 g/mol. The van der Waals surface area contributed by atoms with Crippen LogP contribution < -0.4 is 4.74 Å². The summed E-state index contributed by atoms with van der Waals surface area (Å²) in [7, 11) is 1.36. The van der Waals surface area contributed by atoms with Gasteiger partial charge < -0.3 is 14.4 Å². The lowest BCUT2D eigenvalue weighted by Gasteiger charge is -2.26. The molecule has 0 N–H and O–H groups in total. The van der Waals surface area contributed by atoms with Gasteiger partial charge in [-0.2, -0.15) is 0 Å². The zero-order valence-corrected chi connectivity index (χ0v) is 14.5. The second-order valence-corrected chi connectivity index (χ2v) is 6.05. The standard InChI is InChI=1S/C18H27NO4/c1-14(2)10-11-19(12-15(3)18(21)22-4)17(20)13-23-16-8-6-5-7-9-16/h5-9,14-15H,10-13H2,1-4H3. The van der Waals surface area contributed by atoms with Crippen LogP contribution >= 0.6 is 0 Å². The van der Waals surface area contributed by atoms with E-state index in [0.29, 0.717) is 24.8 Å². The van der Waals surface area contributed by atoms with E-state index in [2.05, 4.69) is 13.8 Å². The van der Waals surface area contributed by atoms with Crippen LogP contribution in [0.25, 0.3) is 0 Å². The van der Waals surface area contributed by atoms with Gasteiger partial charge in [-0.1, -0.05) is 39.0 Å². The Labute approximate surface area is 138 Å². The molecule has 1 rings (SSSR count). The van der Waals surface area contributed by atoms with Crippen LogP contribution in [0.15, 0.2) is 30.3 Å². The molecular weight excluding hydrogens is 294 g/mol. The molecule has 5 nitrogen and oxygen atoms in total. The van der Waals surface area contributed by atoms with Gasteiger partial charge in [-0.3, -0.25) is 9.59 Å². The van der Waals surface area contributed by atoms with Gasteiger partial charge in [0.25, 0.3) is 5.91 Å². The lowest BCUT2D eigenvalue weighted by atomic mass is 10.1. The number of hydrogen-bond donors (Lipinski definition) is 0. The second-order valence-electron chi connectivity index (χ2n) is 6.05. The summed E-state index contributed by atoms with van der Waals surface area (Å²) in [4.78, 5) is 25.7. The Bertz CT molecular complexity index is 487. The molecule has 1 amide bonds. The van der Waals surface area contributed by atoms with Crippen molar-refractivity contribution in [2.45, 2.75) is 27.2 Å². The van der Waals surface area contributed by atoms with Crippen molar-refractivity contribution in [3.8, 4) is 5.75 Å². The highest BCUT2D eigenvalue weighted by molar-refractivity contribution is 5.79. The number of para-hydroxylation sites is 1. The van der Waals surface area contributed by atoms with Crippen molar-refractivity contribution in [3.63, 3.8) is 0 Å². The van der Waals surface area contributed by atoms with Gasteiger partial charge in [-0.15, -0.1) is 0 Å². The Hall–Kier alpha value is -2.04. The molecule has 0 heterocycles. The predicted molar refractivity (Wildman–Crippen MR) is 89.2 cm³/mol.